The van der Waals surface area contributed by atoms with Crippen LogP contribution in [0.3, 0.4) is 0 Å². The molecule has 1 aromatic carbocycles. The molecule has 0 aliphatic carbocycles. The summed E-state index contributed by atoms with van der Waals surface area (Å²) < 4.78 is 19.7. The third-order valence-corrected chi connectivity index (χ3v) is 12.9. The Hall–Kier alpha value is -6.49. The second-order valence-corrected chi connectivity index (χ2v) is 19.6. The van der Waals surface area contributed by atoms with Gasteiger partial charge in [0.15, 0.2) is 0 Å². The number of para-hydroxylation sites is 1. The molecule has 4 atom stereocenters. The second kappa shape index (κ2) is 28.4. The van der Waals surface area contributed by atoms with Crippen molar-refractivity contribution in [2.75, 3.05) is 114 Å². The van der Waals surface area contributed by atoms with E-state index in [1.807, 2.05) is 39.0 Å². The van der Waals surface area contributed by atoms with Crippen LogP contribution in [0.25, 0.3) is 10.9 Å². The Morgan fingerprint density at radius 1 is 0.747 bits per heavy atom. The van der Waals surface area contributed by atoms with Crippen molar-refractivity contribution in [2.24, 2.45) is 23.3 Å². The molecule has 7 rings (SSSR count). The molecule has 2 saturated heterocycles. The number of aromatic nitrogens is 10. The molecule has 24 nitrogen and oxygen atoms in total. The number of halogens is 1. The van der Waals surface area contributed by atoms with Crippen molar-refractivity contribution >= 4 is 58.9 Å². The number of anilines is 3. The van der Waals surface area contributed by atoms with Crippen molar-refractivity contribution in [3.63, 3.8) is 0 Å². The molecule has 2 aliphatic rings. The SMILES string of the molecule is C#CCOCCOCCOCCNc1nc(N2CCN(C(=O)[C@@H](Cc3cc4ccccc4[nH]3)n3cc(C(N)CC(C)C)nn3)CC2)nc(N2CCN(C(=O)[C@H](CCC(=O)O)n3cc(C(N)CC(C)C)nn3)CC2)n1.Cl. The number of nitrogens with one attached hydrogen (secondary N) is 2. The van der Waals surface area contributed by atoms with Crippen LogP contribution in [0, 0.1) is 24.2 Å². The molecule has 0 saturated carbocycles. The first-order valence-electron chi connectivity index (χ1n) is 25.6. The van der Waals surface area contributed by atoms with Crippen LogP contribution in [0.5, 0.6) is 0 Å². The lowest BCUT2D eigenvalue weighted by molar-refractivity contribution is -0.139. The van der Waals surface area contributed by atoms with E-state index in [4.69, 9.17) is 47.1 Å². The number of aromatic amines is 1. The minimum atomic E-state index is -1.01. The van der Waals surface area contributed by atoms with Gasteiger partial charge in [-0.1, -0.05) is 62.2 Å². The number of H-pyrrole nitrogens is 1. The number of fused-ring (bicyclic) bond motifs is 1. The molecule has 2 fully saturated rings. The van der Waals surface area contributed by atoms with Crippen molar-refractivity contribution in [1.29, 1.82) is 0 Å². The van der Waals surface area contributed by atoms with Gasteiger partial charge >= 0.3 is 5.97 Å². The minimum absolute atomic E-state index is 0. The smallest absolute Gasteiger partial charge is 0.303 e. The lowest BCUT2D eigenvalue weighted by atomic mass is 10.0. The van der Waals surface area contributed by atoms with Crippen LogP contribution >= 0.6 is 12.4 Å². The zero-order chi connectivity index (χ0) is 52.6. The van der Waals surface area contributed by atoms with Gasteiger partial charge in [-0.25, -0.2) is 9.36 Å². The number of hydrogen-bond acceptors (Lipinski definition) is 18. The summed E-state index contributed by atoms with van der Waals surface area (Å²) in [6.07, 6.45) is 10.3. The Labute approximate surface area is 444 Å². The maximum atomic E-state index is 14.7. The van der Waals surface area contributed by atoms with Crippen LogP contribution in [0.2, 0.25) is 0 Å². The number of carbonyl (C=O) groups excluding carboxylic acids is 2. The van der Waals surface area contributed by atoms with Gasteiger partial charge in [0.2, 0.25) is 29.7 Å². The van der Waals surface area contributed by atoms with Crippen LogP contribution in [0.15, 0.2) is 42.7 Å². The van der Waals surface area contributed by atoms with Crippen LogP contribution in [0.4, 0.5) is 17.8 Å². The molecule has 7 N–H and O–H groups in total. The number of aliphatic carboxylic acids is 1. The van der Waals surface area contributed by atoms with Crippen molar-refractivity contribution < 1.29 is 33.7 Å². The highest BCUT2D eigenvalue weighted by atomic mass is 35.5. The topological polar surface area (TPSA) is 292 Å². The fourth-order valence-electron chi connectivity index (χ4n) is 9.05. The van der Waals surface area contributed by atoms with E-state index in [1.165, 1.54) is 4.68 Å². The van der Waals surface area contributed by atoms with E-state index < -0.39 is 18.1 Å². The average molecular weight is 1060 g/mol. The summed E-state index contributed by atoms with van der Waals surface area (Å²) in [5.41, 5.74) is 16.0. The number of amides is 2. The molecule has 2 unspecified atom stereocenters. The molecule has 4 aromatic heterocycles. The van der Waals surface area contributed by atoms with Crippen LogP contribution < -0.4 is 26.6 Å². The van der Waals surface area contributed by atoms with E-state index in [1.54, 1.807) is 22.0 Å². The van der Waals surface area contributed by atoms with Gasteiger partial charge in [0.1, 0.15) is 18.7 Å². The zero-order valence-electron chi connectivity index (χ0n) is 43.5. The van der Waals surface area contributed by atoms with Crippen molar-refractivity contribution in [1.82, 2.24) is 59.7 Å². The number of piperazine rings is 2. The Bertz CT molecular complexity index is 2590. The average Bonchev–Trinajstić information content (AvgIpc) is 4.18. The summed E-state index contributed by atoms with van der Waals surface area (Å²) in [6.45, 7) is 14.0. The molecule has 2 aliphatic heterocycles. The van der Waals surface area contributed by atoms with Gasteiger partial charge in [0.05, 0.1) is 68.9 Å². The number of hydrogen-bond donors (Lipinski definition) is 5. The minimum Gasteiger partial charge on any atom is -0.481 e. The van der Waals surface area contributed by atoms with Gasteiger partial charge in [0.25, 0.3) is 0 Å². The Morgan fingerprint density at radius 3 is 1.80 bits per heavy atom. The van der Waals surface area contributed by atoms with E-state index in [-0.39, 0.29) is 55.8 Å². The van der Waals surface area contributed by atoms with Gasteiger partial charge in [0, 0.05) is 83.0 Å². The van der Waals surface area contributed by atoms with Gasteiger partial charge in [-0.05, 0) is 48.6 Å². The van der Waals surface area contributed by atoms with E-state index in [0.29, 0.717) is 146 Å². The quantitative estimate of drug-likeness (QED) is 0.0355. The van der Waals surface area contributed by atoms with E-state index in [9.17, 15) is 19.5 Å². The van der Waals surface area contributed by atoms with Crippen molar-refractivity contribution in [3.8, 4) is 12.3 Å². The number of rotatable bonds is 28. The number of nitrogens with zero attached hydrogens (tertiary/aromatic N) is 13. The third kappa shape index (κ3) is 16.5. The second-order valence-electron chi connectivity index (χ2n) is 19.6. The Balaban J connectivity index is 0.00000914. The summed E-state index contributed by atoms with van der Waals surface area (Å²) in [4.78, 5) is 66.2. The molecule has 408 valence electrons. The number of carboxylic acids is 1. The summed E-state index contributed by atoms with van der Waals surface area (Å²) in [6, 6.07) is 7.86. The summed E-state index contributed by atoms with van der Waals surface area (Å²) in [5.74, 6) is 2.95. The summed E-state index contributed by atoms with van der Waals surface area (Å²) >= 11 is 0. The van der Waals surface area contributed by atoms with E-state index in [0.717, 1.165) is 23.0 Å². The highest BCUT2D eigenvalue weighted by Crippen LogP contribution is 2.27. The number of benzene rings is 1. The molecule has 5 aromatic rings. The Kier molecular flexibility index (Phi) is 21.9. The van der Waals surface area contributed by atoms with Gasteiger partial charge < -0.3 is 60.7 Å². The number of carboxylic acid groups (broad SMARTS) is 1. The highest BCUT2D eigenvalue weighted by Gasteiger charge is 2.34. The Morgan fingerprint density at radius 2 is 1.27 bits per heavy atom. The van der Waals surface area contributed by atoms with Gasteiger partial charge in [-0.15, -0.1) is 29.0 Å². The fourth-order valence-corrected chi connectivity index (χ4v) is 9.05. The third-order valence-electron chi connectivity index (χ3n) is 12.9. The maximum Gasteiger partial charge on any atom is 0.303 e. The fraction of sp³-hybridized carbons (Fsp3) is 0.600. The summed E-state index contributed by atoms with van der Waals surface area (Å²) in [5, 5.41) is 31.3. The first-order valence-corrected chi connectivity index (χ1v) is 25.6. The molecule has 0 spiro atoms. The normalized spacial score (nSPS) is 15.7. The molecule has 25 heteroatoms. The molecular weight excluding hydrogens is 986 g/mol. The number of nitrogens with two attached hydrogens (primary N) is 2. The predicted molar refractivity (Wildman–Crippen MR) is 284 cm³/mol. The number of ether oxygens (including phenoxy) is 3. The lowest BCUT2D eigenvalue weighted by Crippen LogP contribution is -2.52. The largest absolute Gasteiger partial charge is 0.481 e. The predicted octanol–water partition coefficient (Wildman–Crippen LogP) is 3.03. The maximum absolute atomic E-state index is 14.7. The molecular formula is C50H74ClN17O7. The highest BCUT2D eigenvalue weighted by molar-refractivity contribution is 5.85. The standard InChI is InChI=1S/C50H73N17O7.ClH/c1-6-22-72-24-26-74-27-25-73-23-13-53-48-55-49(64-18-14-62(15-19-64)46(70)43(11-12-45(68)69)66-32-41(58-60-66)38(51)28-34(2)3)57-50(56-48)65-20-16-63(17-21-65)47(71)44(31-37-30-36-9-7-8-10-40(36)54-37)67-33-42(59-61-67)39(52)29-35(4)5;/h1,7-10,30,32-35,38-39,43-44,54H,11-29,31,51-52H2,2-5H3,(H,68,69)(H,53,55,56,57);1H/t38?,39?,43-,44+;/m0./s1. The van der Waals surface area contributed by atoms with E-state index in [2.05, 4.69) is 70.6 Å². The number of carbonyl (C=O) groups is 3. The van der Waals surface area contributed by atoms with Crippen LogP contribution in [-0.4, -0.2) is 181 Å². The first-order chi connectivity index (χ1) is 35.8. The first kappa shape index (κ1) is 57.8. The number of terminal acetylenes is 1. The molecule has 75 heavy (non-hydrogen) atoms. The monoisotopic (exact) mass is 1060 g/mol. The van der Waals surface area contributed by atoms with Crippen molar-refractivity contribution in [2.45, 2.75) is 84.0 Å². The van der Waals surface area contributed by atoms with Crippen LogP contribution in [0.1, 0.15) is 94.6 Å². The van der Waals surface area contributed by atoms with Gasteiger partial charge in [-0.3, -0.25) is 14.4 Å². The summed E-state index contributed by atoms with van der Waals surface area (Å²) in [7, 11) is 0. The van der Waals surface area contributed by atoms with Gasteiger partial charge in [-0.2, -0.15) is 15.0 Å². The molecule has 0 radical (unpaired) electrons. The van der Waals surface area contributed by atoms with Crippen molar-refractivity contribution in [3.05, 3.63) is 59.8 Å². The van der Waals surface area contributed by atoms with Crippen LogP contribution in [-0.2, 0) is 35.0 Å². The van der Waals surface area contributed by atoms with E-state index >= 15 is 0 Å². The molecule has 6 heterocycles. The lowest BCUT2D eigenvalue weighted by Gasteiger charge is -2.38. The molecule has 2 amide bonds. The molecule has 0 bridgehead atoms. The zero-order valence-corrected chi connectivity index (χ0v) is 44.3.